The number of aliphatic hydroxyl groups is 1. The lowest BCUT2D eigenvalue weighted by Crippen LogP contribution is -2.41. The Balaban J connectivity index is 0. The molecule has 0 spiro atoms. The average Bonchev–Trinajstić information content (AvgIpc) is 2.63. The van der Waals surface area contributed by atoms with Crippen LogP contribution in [0.3, 0.4) is 0 Å². The number of methoxy groups -OCH3 is 1. The van der Waals surface area contributed by atoms with E-state index in [-0.39, 0.29) is 11.7 Å². The monoisotopic (exact) mass is 437 g/mol. The summed E-state index contributed by atoms with van der Waals surface area (Å²) in [6, 6.07) is 5.22. The van der Waals surface area contributed by atoms with Crippen molar-refractivity contribution in [2.24, 2.45) is 5.92 Å². The fourth-order valence-electron chi connectivity index (χ4n) is 2.34. The first-order valence-electron chi connectivity index (χ1n) is 9.76. The molecule has 1 saturated heterocycles. The Morgan fingerprint density at radius 1 is 1.10 bits per heavy atom. The summed E-state index contributed by atoms with van der Waals surface area (Å²) in [5.74, 6) is 0.744. The molecule has 0 saturated carbocycles. The first-order chi connectivity index (χ1) is 13.8. The number of carbonyl (C=O) groups excluding carboxylic acids is 1. The fraction of sp³-hybridized carbons (Fsp3) is 0.682. The van der Waals surface area contributed by atoms with E-state index in [2.05, 4.69) is 11.7 Å². The van der Waals surface area contributed by atoms with Crippen molar-refractivity contribution in [3.05, 3.63) is 35.4 Å². The summed E-state index contributed by atoms with van der Waals surface area (Å²) in [7, 11) is 4.25. The zero-order valence-electron chi connectivity index (χ0n) is 19.5. The van der Waals surface area contributed by atoms with Gasteiger partial charge in [0.25, 0.3) is 0 Å². The van der Waals surface area contributed by atoms with Crippen LogP contribution in [0.5, 0.6) is 0 Å². The van der Waals surface area contributed by atoms with Crippen LogP contribution in [0.4, 0.5) is 18.0 Å². The summed E-state index contributed by atoms with van der Waals surface area (Å²) in [6.45, 7) is 11.3. The van der Waals surface area contributed by atoms with Gasteiger partial charge in [0.1, 0.15) is 5.60 Å². The number of amides is 1. The third-order valence-electron chi connectivity index (χ3n) is 3.78. The van der Waals surface area contributed by atoms with Crippen molar-refractivity contribution in [3.63, 3.8) is 0 Å². The summed E-state index contributed by atoms with van der Waals surface area (Å²) in [6.07, 6.45) is -2.19. The molecule has 30 heavy (non-hydrogen) atoms. The fourth-order valence-corrected chi connectivity index (χ4v) is 2.34. The van der Waals surface area contributed by atoms with Crippen molar-refractivity contribution in [3.8, 4) is 0 Å². The van der Waals surface area contributed by atoms with Crippen LogP contribution >= 0.6 is 0 Å². The van der Waals surface area contributed by atoms with E-state index in [4.69, 9.17) is 9.84 Å². The predicted molar refractivity (Wildman–Crippen MR) is 113 cm³/mol. The first kappa shape index (κ1) is 30.4. The lowest BCUT2D eigenvalue weighted by atomic mass is 10.00. The molecule has 1 aromatic rings. The molecule has 2 rings (SSSR count). The average molecular weight is 438 g/mol. The molecule has 1 fully saturated rings. The number of piperidine rings is 1. The molecule has 5 nitrogen and oxygen atoms in total. The van der Waals surface area contributed by atoms with Gasteiger partial charge in [0, 0.05) is 34.4 Å². The van der Waals surface area contributed by atoms with Crippen LogP contribution in [0, 0.1) is 12.8 Å². The standard InChI is InChI=1S/C11H21NO2.C8H7F3.C2H6O.CH4O/c1-9-5-7-12(8-6-9)10(13)14-11(2,3)4;1-6-3-2-4-7(5-6)8(9,10)11;1-3-2;1-2/h9H,5-8H2,1-4H3;2-5H,1H3;1-2H3;2H,1H3. The number of hydrogen-bond acceptors (Lipinski definition) is 4. The van der Waals surface area contributed by atoms with Gasteiger partial charge < -0.3 is 19.5 Å². The highest BCUT2D eigenvalue weighted by Gasteiger charge is 2.30. The van der Waals surface area contributed by atoms with Crippen LogP contribution in [-0.2, 0) is 15.7 Å². The van der Waals surface area contributed by atoms with Crippen LogP contribution in [0.1, 0.15) is 51.7 Å². The largest absolute Gasteiger partial charge is 0.444 e. The van der Waals surface area contributed by atoms with Crippen LogP contribution in [0.2, 0.25) is 0 Å². The van der Waals surface area contributed by atoms with Gasteiger partial charge in [-0.3, -0.25) is 0 Å². The van der Waals surface area contributed by atoms with Crippen molar-refractivity contribution < 1.29 is 32.5 Å². The van der Waals surface area contributed by atoms with Crippen molar-refractivity contribution >= 4 is 6.09 Å². The molecular formula is C22H38F3NO4. The van der Waals surface area contributed by atoms with Gasteiger partial charge in [0.05, 0.1) is 5.56 Å². The lowest BCUT2D eigenvalue weighted by molar-refractivity contribution is -0.137. The number of alkyl halides is 3. The molecule has 1 aliphatic rings. The molecule has 0 unspecified atom stereocenters. The highest BCUT2D eigenvalue weighted by atomic mass is 19.4. The molecule has 0 bridgehead atoms. The maximum atomic E-state index is 12.0. The molecule has 0 aliphatic carbocycles. The van der Waals surface area contributed by atoms with Crippen LogP contribution in [-0.4, -0.2) is 56.1 Å². The summed E-state index contributed by atoms with van der Waals surface area (Å²) >= 11 is 0. The van der Waals surface area contributed by atoms with E-state index in [1.54, 1.807) is 27.2 Å². The molecule has 1 amide bonds. The maximum Gasteiger partial charge on any atom is 0.416 e. The quantitative estimate of drug-likeness (QED) is 0.579. The number of likely N-dealkylation sites (tertiary alicyclic amines) is 1. The van der Waals surface area contributed by atoms with E-state index in [1.165, 1.54) is 6.07 Å². The number of ether oxygens (including phenoxy) is 2. The summed E-state index contributed by atoms with van der Waals surface area (Å²) < 4.78 is 45.5. The topological polar surface area (TPSA) is 59.0 Å². The predicted octanol–water partition coefficient (Wildman–Crippen LogP) is 5.54. The number of halogens is 3. The van der Waals surface area contributed by atoms with Gasteiger partial charge in [-0.15, -0.1) is 0 Å². The van der Waals surface area contributed by atoms with Gasteiger partial charge in [0.2, 0.25) is 0 Å². The van der Waals surface area contributed by atoms with Gasteiger partial charge in [-0.1, -0.05) is 30.7 Å². The van der Waals surface area contributed by atoms with Gasteiger partial charge in [0.15, 0.2) is 0 Å². The molecule has 176 valence electrons. The van der Waals surface area contributed by atoms with Crippen molar-refractivity contribution in [2.45, 2.75) is 59.2 Å². The second kappa shape index (κ2) is 15.1. The summed E-state index contributed by atoms with van der Waals surface area (Å²) in [4.78, 5) is 13.4. The lowest BCUT2D eigenvalue weighted by Gasteiger charge is -2.32. The summed E-state index contributed by atoms with van der Waals surface area (Å²) in [5.41, 5.74) is -0.336. The van der Waals surface area contributed by atoms with Crippen LogP contribution in [0.15, 0.2) is 24.3 Å². The highest BCUT2D eigenvalue weighted by molar-refractivity contribution is 5.68. The number of hydrogen-bond donors (Lipinski definition) is 1. The first-order valence-corrected chi connectivity index (χ1v) is 9.76. The van der Waals surface area contributed by atoms with E-state index in [1.807, 2.05) is 25.7 Å². The van der Waals surface area contributed by atoms with E-state index < -0.39 is 11.7 Å². The second-order valence-corrected chi connectivity index (χ2v) is 7.93. The van der Waals surface area contributed by atoms with Gasteiger partial charge in [-0.25, -0.2) is 4.79 Å². The number of carbonyl (C=O) groups is 1. The minimum Gasteiger partial charge on any atom is -0.444 e. The number of aliphatic hydroxyl groups excluding tert-OH is 1. The third kappa shape index (κ3) is 15.1. The smallest absolute Gasteiger partial charge is 0.416 e. The van der Waals surface area contributed by atoms with Gasteiger partial charge in [-0.2, -0.15) is 13.2 Å². The molecule has 1 aliphatic heterocycles. The Morgan fingerprint density at radius 2 is 1.57 bits per heavy atom. The summed E-state index contributed by atoms with van der Waals surface area (Å²) in [5, 5.41) is 7.00. The third-order valence-corrected chi connectivity index (χ3v) is 3.78. The Kier molecular flexibility index (Phi) is 15.3. The minimum atomic E-state index is -4.22. The molecule has 1 N–H and O–H groups in total. The molecule has 0 atom stereocenters. The molecule has 1 heterocycles. The van der Waals surface area contributed by atoms with Crippen molar-refractivity contribution in [2.75, 3.05) is 34.4 Å². The number of aryl methyl sites for hydroxylation is 1. The SMILES string of the molecule is CC1CCN(C(=O)OC(C)(C)C)CC1.CO.COC.Cc1cccc(C(F)(F)F)c1. The Labute approximate surface area is 179 Å². The number of benzene rings is 1. The van der Waals surface area contributed by atoms with E-state index in [0.29, 0.717) is 5.56 Å². The highest BCUT2D eigenvalue weighted by Crippen LogP contribution is 2.29. The molecule has 0 radical (unpaired) electrons. The zero-order valence-corrected chi connectivity index (χ0v) is 19.5. The van der Waals surface area contributed by atoms with E-state index in [9.17, 15) is 18.0 Å². The minimum absolute atomic E-state index is 0.163. The zero-order chi connectivity index (χ0) is 24.0. The number of nitrogens with zero attached hydrogens (tertiary/aromatic N) is 1. The Hall–Kier alpha value is -1.80. The number of rotatable bonds is 0. The van der Waals surface area contributed by atoms with Crippen LogP contribution in [0.25, 0.3) is 0 Å². The normalized spacial score (nSPS) is 14.2. The van der Waals surface area contributed by atoms with E-state index in [0.717, 1.165) is 51.1 Å². The maximum absolute atomic E-state index is 12.0. The molecule has 1 aromatic carbocycles. The van der Waals surface area contributed by atoms with Crippen molar-refractivity contribution in [1.82, 2.24) is 4.90 Å². The van der Waals surface area contributed by atoms with Crippen molar-refractivity contribution in [1.29, 1.82) is 0 Å². The molecular weight excluding hydrogens is 399 g/mol. The second-order valence-electron chi connectivity index (χ2n) is 7.93. The van der Waals surface area contributed by atoms with E-state index >= 15 is 0 Å². The van der Waals surface area contributed by atoms with Gasteiger partial charge >= 0.3 is 12.3 Å². The van der Waals surface area contributed by atoms with Gasteiger partial charge in [-0.05, 0) is 52.5 Å². The molecule has 8 heteroatoms. The van der Waals surface area contributed by atoms with Crippen LogP contribution < -0.4 is 0 Å². The Morgan fingerprint density at radius 3 is 1.90 bits per heavy atom. The Bertz CT molecular complexity index is 578. The molecule has 0 aromatic heterocycles.